The maximum Gasteiger partial charge on any atom is 0.234 e. The molecule has 0 aromatic heterocycles. The lowest BCUT2D eigenvalue weighted by molar-refractivity contribution is -0.122. The molecular weight excluding hydrogens is 226 g/mol. The number of piperidine rings is 1. The first-order chi connectivity index (χ1) is 8.63. The molecule has 1 heterocycles. The van der Waals surface area contributed by atoms with Crippen LogP contribution >= 0.6 is 0 Å². The van der Waals surface area contributed by atoms with Gasteiger partial charge in [-0.2, -0.15) is 0 Å². The standard InChI is InChI=1S/C14H27N3O/c1-11-2-3-12(8-11)9-16-14(18)10-17-6-4-13(15)5-7-17/h11-13H,2-10,15H2,1H3,(H,16,18). The Balaban J connectivity index is 1.60. The van der Waals surface area contributed by atoms with Gasteiger partial charge >= 0.3 is 0 Å². The van der Waals surface area contributed by atoms with E-state index < -0.39 is 0 Å². The summed E-state index contributed by atoms with van der Waals surface area (Å²) >= 11 is 0. The molecule has 4 nitrogen and oxygen atoms in total. The summed E-state index contributed by atoms with van der Waals surface area (Å²) in [5, 5.41) is 3.09. The first-order valence-corrected chi connectivity index (χ1v) is 7.38. The lowest BCUT2D eigenvalue weighted by Crippen LogP contribution is -2.45. The van der Waals surface area contributed by atoms with Gasteiger partial charge in [-0.1, -0.05) is 13.3 Å². The van der Waals surface area contributed by atoms with E-state index in [1.165, 1.54) is 19.3 Å². The van der Waals surface area contributed by atoms with Crippen LogP contribution in [0.3, 0.4) is 0 Å². The van der Waals surface area contributed by atoms with E-state index in [4.69, 9.17) is 5.73 Å². The van der Waals surface area contributed by atoms with Gasteiger partial charge in [0.1, 0.15) is 0 Å². The van der Waals surface area contributed by atoms with Crippen LogP contribution in [0.1, 0.15) is 39.0 Å². The van der Waals surface area contributed by atoms with Crippen LogP contribution in [0.25, 0.3) is 0 Å². The van der Waals surface area contributed by atoms with Crippen LogP contribution in [-0.2, 0) is 4.79 Å². The molecule has 1 aliphatic heterocycles. The van der Waals surface area contributed by atoms with Crippen molar-refractivity contribution in [3.63, 3.8) is 0 Å². The van der Waals surface area contributed by atoms with Crippen molar-refractivity contribution in [1.29, 1.82) is 0 Å². The predicted octanol–water partition coefficient (Wildman–Crippen LogP) is 0.962. The van der Waals surface area contributed by atoms with Crippen LogP contribution in [0.5, 0.6) is 0 Å². The maximum atomic E-state index is 11.8. The molecule has 0 aromatic carbocycles. The third-order valence-corrected chi connectivity index (χ3v) is 4.39. The summed E-state index contributed by atoms with van der Waals surface area (Å²) in [5.74, 6) is 1.74. The molecule has 2 unspecified atom stereocenters. The second-order valence-corrected chi connectivity index (χ2v) is 6.20. The third kappa shape index (κ3) is 4.25. The van der Waals surface area contributed by atoms with Gasteiger partial charge in [-0.25, -0.2) is 0 Å². The Kier molecular flexibility index (Phi) is 5.01. The van der Waals surface area contributed by atoms with Gasteiger partial charge in [-0.05, 0) is 37.5 Å². The highest BCUT2D eigenvalue weighted by molar-refractivity contribution is 5.78. The number of rotatable bonds is 4. The van der Waals surface area contributed by atoms with Gasteiger partial charge < -0.3 is 11.1 Å². The summed E-state index contributed by atoms with van der Waals surface area (Å²) < 4.78 is 0. The average molecular weight is 253 g/mol. The largest absolute Gasteiger partial charge is 0.355 e. The van der Waals surface area contributed by atoms with E-state index in [-0.39, 0.29) is 5.91 Å². The van der Waals surface area contributed by atoms with E-state index in [9.17, 15) is 4.79 Å². The fourth-order valence-corrected chi connectivity index (χ4v) is 3.14. The number of amides is 1. The van der Waals surface area contributed by atoms with Crippen molar-refractivity contribution < 1.29 is 4.79 Å². The molecule has 0 spiro atoms. The first kappa shape index (κ1) is 13.8. The third-order valence-electron chi connectivity index (χ3n) is 4.39. The normalized spacial score (nSPS) is 30.6. The highest BCUT2D eigenvalue weighted by Gasteiger charge is 2.22. The fourth-order valence-electron chi connectivity index (χ4n) is 3.14. The molecular formula is C14H27N3O. The van der Waals surface area contributed by atoms with Crippen LogP contribution in [0, 0.1) is 11.8 Å². The van der Waals surface area contributed by atoms with Gasteiger partial charge in [0.2, 0.25) is 5.91 Å². The van der Waals surface area contributed by atoms with E-state index in [2.05, 4.69) is 17.1 Å². The molecule has 1 aliphatic carbocycles. The number of nitrogens with one attached hydrogen (secondary N) is 1. The summed E-state index contributed by atoms with van der Waals surface area (Å²) in [6, 6.07) is 0.337. The first-order valence-electron chi connectivity index (χ1n) is 7.38. The summed E-state index contributed by atoms with van der Waals surface area (Å²) in [5.41, 5.74) is 5.85. The summed E-state index contributed by atoms with van der Waals surface area (Å²) in [4.78, 5) is 14.1. The van der Waals surface area contributed by atoms with Crippen LogP contribution < -0.4 is 11.1 Å². The number of carbonyl (C=O) groups excluding carboxylic acids is 1. The highest BCUT2D eigenvalue weighted by Crippen LogP contribution is 2.29. The van der Waals surface area contributed by atoms with E-state index in [1.54, 1.807) is 0 Å². The molecule has 0 aromatic rings. The quantitative estimate of drug-likeness (QED) is 0.784. The Morgan fingerprint density at radius 1 is 1.28 bits per heavy atom. The Morgan fingerprint density at radius 3 is 2.61 bits per heavy atom. The van der Waals surface area contributed by atoms with Crippen molar-refractivity contribution >= 4 is 5.91 Å². The van der Waals surface area contributed by atoms with E-state index in [1.807, 2.05) is 0 Å². The number of nitrogens with two attached hydrogens (primary N) is 1. The molecule has 4 heteroatoms. The molecule has 2 fully saturated rings. The zero-order valence-electron chi connectivity index (χ0n) is 11.5. The van der Waals surface area contributed by atoms with Crippen molar-refractivity contribution in [3.05, 3.63) is 0 Å². The van der Waals surface area contributed by atoms with Gasteiger partial charge in [0.15, 0.2) is 0 Å². The second kappa shape index (κ2) is 6.53. The molecule has 3 N–H and O–H groups in total. The zero-order valence-corrected chi connectivity index (χ0v) is 11.5. The molecule has 0 bridgehead atoms. The van der Waals surface area contributed by atoms with Crippen LogP contribution in [0.15, 0.2) is 0 Å². The van der Waals surface area contributed by atoms with Crippen molar-refractivity contribution in [2.75, 3.05) is 26.2 Å². The molecule has 0 radical (unpaired) electrons. The smallest absolute Gasteiger partial charge is 0.234 e. The molecule has 1 saturated carbocycles. The lowest BCUT2D eigenvalue weighted by atomic mass is 10.1. The van der Waals surface area contributed by atoms with Gasteiger partial charge in [0, 0.05) is 25.7 Å². The molecule has 104 valence electrons. The molecule has 1 saturated heterocycles. The number of likely N-dealkylation sites (tertiary alicyclic amines) is 1. The molecule has 18 heavy (non-hydrogen) atoms. The Hall–Kier alpha value is -0.610. The Morgan fingerprint density at radius 2 is 2.00 bits per heavy atom. The summed E-state index contributed by atoms with van der Waals surface area (Å²) in [6.45, 7) is 5.66. The van der Waals surface area contributed by atoms with E-state index in [0.717, 1.165) is 38.4 Å². The minimum absolute atomic E-state index is 0.185. The summed E-state index contributed by atoms with van der Waals surface area (Å²) in [7, 11) is 0. The molecule has 2 rings (SSSR count). The number of hydrogen-bond donors (Lipinski definition) is 2. The number of carbonyl (C=O) groups is 1. The van der Waals surface area contributed by atoms with Crippen molar-refractivity contribution in [1.82, 2.24) is 10.2 Å². The van der Waals surface area contributed by atoms with Gasteiger partial charge in [-0.15, -0.1) is 0 Å². The summed E-state index contributed by atoms with van der Waals surface area (Å²) in [6.07, 6.45) is 5.92. The Bertz CT molecular complexity index is 274. The van der Waals surface area contributed by atoms with Crippen molar-refractivity contribution in [2.24, 2.45) is 17.6 Å². The lowest BCUT2D eigenvalue weighted by Gasteiger charge is -2.29. The van der Waals surface area contributed by atoms with Crippen LogP contribution in [0.4, 0.5) is 0 Å². The fraction of sp³-hybridized carbons (Fsp3) is 0.929. The van der Waals surface area contributed by atoms with Gasteiger partial charge in [0.25, 0.3) is 0 Å². The Labute approximate surface area is 110 Å². The molecule has 2 aliphatic rings. The van der Waals surface area contributed by atoms with E-state index in [0.29, 0.717) is 18.5 Å². The highest BCUT2D eigenvalue weighted by atomic mass is 16.2. The molecule has 2 atom stereocenters. The monoisotopic (exact) mass is 253 g/mol. The minimum Gasteiger partial charge on any atom is -0.355 e. The predicted molar refractivity (Wildman–Crippen MR) is 73.2 cm³/mol. The zero-order chi connectivity index (χ0) is 13.0. The topological polar surface area (TPSA) is 58.4 Å². The SMILES string of the molecule is CC1CCC(CNC(=O)CN2CCC(N)CC2)C1. The maximum absolute atomic E-state index is 11.8. The van der Waals surface area contributed by atoms with E-state index >= 15 is 0 Å². The van der Waals surface area contributed by atoms with Crippen molar-refractivity contribution in [2.45, 2.75) is 45.1 Å². The van der Waals surface area contributed by atoms with Gasteiger partial charge in [-0.3, -0.25) is 9.69 Å². The van der Waals surface area contributed by atoms with Crippen LogP contribution in [-0.4, -0.2) is 43.0 Å². The number of hydrogen-bond acceptors (Lipinski definition) is 3. The minimum atomic E-state index is 0.185. The van der Waals surface area contributed by atoms with Gasteiger partial charge in [0.05, 0.1) is 6.54 Å². The average Bonchev–Trinajstić information content (AvgIpc) is 2.76. The molecule has 1 amide bonds. The number of nitrogens with zero attached hydrogens (tertiary/aromatic N) is 1. The van der Waals surface area contributed by atoms with Crippen molar-refractivity contribution in [3.8, 4) is 0 Å². The van der Waals surface area contributed by atoms with Crippen LogP contribution in [0.2, 0.25) is 0 Å². The second-order valence-electron chi connectivity index (χ2n) is 6.20.